The monoisotopic (exact) mass is 245 g/mol. The second kappa shape index (κ2) is 6.52. The van der Waals surface area contributed by atoms with Gasteiger partial charge in [-0.1, -0.05) is 0 Å². The van der Waals surface area contributed by atoms with Crippen LogP contribution in [0.2, 0.25) is 0 Å². The fraction of sp³-hybridized carbons (Fsp3) is 0.500. The van der Waals surface area contributed by atoms with Gasteiger partial charge in [0.1, 0.15) is 0 Å². The Balaban J connectivity index is 2.05. The summed E-state index contributed by atoms with van der Waals surface area (Å²) in [5.41, 5.74) is 6.43. The molecule has 0 saturated carbocycles. The van der Waals surface area contributed by atoms with Crippen LogP contribution in [0.3, 0.4) is 0 Å². The van der Waals surface area contributed by atoms with E-state index in [2.05, 4.69) is 20.6 Å². The van der Waals surface area contributed by atoms with E-state index in [-0.39, 0.29) is 0 Å². The highest BCUT2D eigenvalue weighted by atomic mass is 32.2. The molecule has 1 aromatic heterocycles. The molecule has 0 aliphatic rings. The number of aromatic amines is 1. The van der Waals surface area contributed by atoms with E-state index in [1.54, 1.807) is 18.8 Å². The fourth-order valence-corrected chi connectivity index (χ4v) is 1.80. The highest BCUT2D eigenvalue weighted by Crippen LogP contribution is 2.09. The quantitative estimate of drug-likeness (QED) is 0.442. The molecule has 0 aliphatic carbocycles. The first-order valence-electron chi connectivity index (χ1n) is 4.55. The largest absolute Gasteiger partial charge is 0.369 e. The molecule has 84 valence electrons. The predicted octanol–water partition coefficient (Wildman–Crippen LogP) is 0.319. The zero-order valence-corrected chi connectivity index (χ0v) is 10.2. The van der Waals surface area contributed by atoms with Gasteiger partial charge < -0.3 is 21.4 Å². The maximum Gasteiger partial charge on any atom is 0.197 e. The number of imidazole rings is 1. The van der Waals surface area contributed by atoms with Gasteiger partial charge in [0.05, 0.1) is 5.69 Å². The molecule has 0 aromatic carbocycles. The van der Waals surface area contributed by atoms with E-state index in [0.29, 0.717) is 11.1 Å². The number of nitrogens with zero attached hydrogens (tertiary/aromatic N) is 1. The van der Waals surface area contributed by atoms with E-state index in [0.717, 1.165) is 23.7 Å². The number of H-pyrrole nitrogens is 1. The van der Waals surface area contributed by atoms with Crippen LogP contribution in [-0.2, 0) is 5.75 Å². The van der Waals surface area contributed by atoms with Crippen LogP contribution in [0.25, 0.3) is 0 Å². The summed E-state index contributed by atoms with van der Waals surface area (Å²) in [4.78, 5) is 6.95. The lowest BCUT2D eigenvalue weighted by Gasteiger charge is -2.05. The van der Waals surface area contributed by atoms with E-state index in [9.17, 15) is 0 Å². The number of anilines is 1. The second-order valence-electron chi connectivity index (χ2n) is 2.84. The van der Waals surface area contributed by atoms with Crippen LogP contribution in [0.5, 0.6) is 0 Å². The number of thioether (sulfide) groups is 1. The molecule has 1 aromatic rings. The molecule has 0 atom stereocenters. The Bertz CT molecular complexity index is 312. The van der Waals surface area contributed by atoms with E-state index < -0.39 is 0 Å². The van der Waals surface area contributed by atoms with Crippen molar-refractivity contribution in [3.05, 3.63) is 11.9 Å². The van der Waals surface area contributed by atoms with Crippen molar-refractivity contribution in [1.29, 1.82) is 0 Å². The Morgan fingerprint density at radius 1 is 1.73 bits per heavy atom. The molecular formula is C8H15N5S2. The molecule has 0 amide bonds. The third-order valence-electron chi connectivity index (χ3n) is 1.66. The van der Waals surface area contributed by atoms with E-state index in [4.69, 9.17) is 18.0 Å². The Labute approximate surface area is 98.6 Å². The van der Waals surface area contributed by atoms with Crippen molar-refractivity contribution < 1.29 is 0 Å². The number of hydrogen-bond donors (Lipinski definition) is 4. The average molecular weight is 245 g/mol. The molecule has 0 unspecified atom stereocenters. The van der Waals surface area contributed by atoms with E-state index in [1.165, 1.54) is 0 Å². The third-order valence-corrected chi connectivity index (χ3v) is 3.00. The predicted molar refractivity (Wildman–Crippen MR) is 68.8 cm³/mol. The first-order valence-corrected chi connectivity index (χ1v) is 6.11. The summed E-state index contributed by atoms with van der Waals surface area (Å²) in [5.74, 6) is 2.32. The van der Waals surface area contributed by atoms with Crippen LogP contribution in [0.15, 0.2) is 6.20 Å². The standard InChI is InChI=1S/C8H15N5S2/c1-10-8(14)11-2-3-15-5-6-4-12-7(9)13-6/h4H,2-3,5H2,1H3,(H3,9,12,13)(H2,10,11,14). The summed E-state index contributed by atoms with van der Waals surface area (Å²) >= 11 is 6.72. The van der Waals surface area contributed by atoms with Crippen molar-refractivity contribution >= 4 is 35.0 Å². The van der Waals surface area contributed by atoms with Gasteiger partial charge in [-0.05, 0) is 12.2 Å². The fourth-order valence-electron chi connectivity index (χ4n) is 0.952. The number of nitrogens with two attached hydrogens (primary N) is 1. The van der Waals surface area contributed by atoms with Gasteiger partial charge in [-0.2, -0.15) is 11.8 Å². The first kappa shape index (κ1) is 12.1. The summed E-state index contributed by atoms with van der Waals surface area (Å²) in [6, 6.07) is 0. The summed E-state index contributed by atoms with van der Waals surface area (Å²) in [6.07, 6.45) is 1.83. The van der Waals surface area contributed by atoms with Crippen LogP contribution in [0.4, 0.5) is 5.95 Å². The third kappa shape index (κ3) is 4.89. The molecule has 0 spiro atoms. The molecule has 0 saturated heterocycles. The van der Waals surface area contributed by atoms with Crippen LogP contribution >= 0.6 is 24.0 Å². The number of thiocarbonyl (C=S) groups is 1. The van der Waals surface area contributed by atoms with Gasteiger partial charge >= 0.3 is 0 Å². The highest BCUT2D eigenvalue weighted by molar-refractivity contribution is 7.98. The normalized spacial score (nSPS) is 9.93. The molecule has 0 aliphatic heterocycles. The number of aromatic nitrogens is 2. The minimum atomic E-state index is 0.472. The number of nitrogen functional groups attached to an aromatic ring is 1. The lowest BCUT2D eigenvalue weighted by Crippen LogP contribution is -2.33. The molecule has 5 nitrogen and oxygen atoms in total. The average Bonchev–Trinajstić information content (AvgIpc) is 2.63. The summed E-state index contributed by atoms with van der Waals surface area (Å²) in [6.45, 7) is 0.851. The molecule has 15 heavy (non-hydrogen) atoms. The zero-order chi connectivity index (χ0) is 11.1. The van der Waals surface area contributed by atoms with Gasteiger partial charge in [-0.3, -0.25) is 0 Å². The second-order valence-corrected chi connectivity index (χ2v) is 4.35. The summed E-state index contributed by atoms with van der Waals surface area (Å²) in [7, 11) is 1.80. The number of rotatable bonds is 5. The zero-order valence-electron chi connectivity index (χ0n) is 8.54. The smallest absolute Gasteiger partial charge is 0.197 e. The Hall–Kier alpha value is -0.950. The van der Waals surface area contributed by atoms with Gasteiger partial charge in [-0.25, -0.2) is 4.98 Å². The van der Waals surface area contributed by atoms with Crippen molar-refractivity contribution in [3.63, 3.8) is 0 Å². The molecule has 1 heterocycles. The molecule has 0 bridgehead atoms. The van der Waals surface area contributed by atoms with Crippen LogP contribution in [-0.4, -0.2) is 34.4 Å². The molecule has 5 N–H and O–H groups in total. The summed E-state index contributed by atoms with van der Waals surface area (Å²) in [5, 5.41) is 6.60. The molecule has 1 rings (SSSR count). The van der Waals surface area contributed by atoms with E-state index >= 15 is 0 Å². The van der Waals surface area contributed by atoms with Gasteiger partial charge in [0.25, 0.3) is 0 Å². The maximum absolute atomic E-state index is 5.45. The minimum Gasteiger partial charge on any atom is -0.369 e. The van der Waals surface area contributed by atoms with Gasteiger partial charge in [0, 0.05) is 31.3 Å². The van der Waals surface area contributed by atoms with E-state index in [1.807, 2.05) is 6.20 Å². The van der Waals surface area contributed by atoms with Crippen molar-refractivity contribution in [2.75, 3.05) is 25.1 Å². The SMILES string of the molecule is CNC(=S)NCCSCc1c[nH]c(N)n1. The van der Waals surface area contributed by atoms with Crippen molar-refractivity contribution in [3.8, 4) is 0 Å². The van der Waals surface area contributed by atoms with Crippen molar-refractivity contribution in [2.45, 2.75) is 5.75 Å². The highest BCUT2D eigenvalue weighted by Gasteiger charge is 1.98. The topological polar surface area (TPSA) is 78.8 Å². The van der Waals surface area contributed by atoms with Gasteiger partial charge in [-0.15, -0.1) is 0 Å². The van der Waals surface area contributed by atoms with Gasteiger partial charge in [0.2, 0.25) is 0 Å². The van der Waals surface area contributed by atoms with Crippen LogP contribution in [0, 0.1) is 0 Å². The maximum atomic E-state index is 5.45. The number of nitrogens with one attached hydrogen (secondary N) is 3. The Morgan fingerprint density at radius 3 is 3.13 bits per heavy atom. The van der Waals surface area contributed by atoms with Crippen LogP contribution in [0.1, 0.15) is 5.69 Å². The van der Waals surface area contributed by atoms with Gasteiger partial charge in [0.15, 0.2) is 11.1 Å². The molecular weight excluding hydrogens is 230 g/mol. The minimum absolute atomic E-state index is 0.472. The Kier molecular flexibility index (Phi) is 5.27. The lowest BCUT2D eigenvalue weighted by atomic mass is 10.6. The van der Waals surface area contributed by atoms with Crippen molar-refractivity contribution in [1.82, 2.24) is 20.6 Å². The van der Waals surface area contributed by atoms with Crippen molar-refractivity contribution in [2.24, 2.45) is 0 Å². The lowest BCUT2D eigenvalue weighted by molar-refractivity contribution is 0.942. The van der Waals surface area contributed by atoms with Crippen LogP contribution < -0.4 is 16.4 Å². The summed E-state index contributed by atoms with van der Waals surface area (Å²) < 4.78 is 0. The first-order chi connectivity index (χ1) is 7.22. The Morgan fingerprint density at radius 2 is 2.53 bits per heavy atom. The molecule has 0 radical (unpaired) electrons. The number of hydrogen-bond acceptors (Lipinski definition) is 4. The molecule has 7 heteroatoms. The molecule has 0 fully saturated rings.